The van der Waals surface area contributed by atoms with Crippen molar-refractivity contribution < 1.29 is 4.79 Å². The number of rotatable bonds is 4. The molecular weight excluding hydrogens is 326 g/mol. The standard InChI is InChI=1S/C16H17N5O2S/c1-8-5-4-6-11(9(8)2)19-14(22)10(3)24-16-20-13-12(15(23)21-16)17-7-18-13/h4-7,10H,1-3H3,(H,19,22)(H2,17,18,20,21,23). The van der Waals surface area contributed by atoms with Gasteiger partial charge in [0.25, 0.3) is 5.56 Å². The van der Waals surface area contributed by atoms with Crippen molar-refractivity contribution in [3.05, 3.63) is 46.0 Å². The number of H-pyrrole nitrogens is 2. The summed E-state index contributed by atoms with van der Waals surface area (Å²) in [4.78, 5) is 37.9. The van der Waals surface area contributed by atoms with Crippen LogP contribution in [-0.4, -0.2) is 31.1 Å². The van der Waals surface area contributed by atoms with E-state index in [2.05, 4.69) is 25.3 Å². The molecule has 0 spiro atoms. The quantitative estimate of drug-likeness (QED) is 0.498. The highest BCUT2D eigenvalue weighted by atomic mass is 32.2. The molecule has 2 heterocycles. The van der Waals surface area contributed by atoms with Crippen molar-refractivity contribution in [1.82, 2.24) is 19.9 Å². The number of imidazole rings is 1. The van der Waals surface area contributed by atoms with Gasteiger partial charge in [0.15, 0.2) is 16.3 Å². The zero-order chi connectivity index (χ0) is 17.3. The van der Waals surface area contributed by atoms with Crippen LogP contribution in [0.5, 0.6) is 0 Å². The van der Waals surface area contributed by atoms with Crippen molar-refractivity contribution in [2.75, 3.05) is 5.32 Å². The van der Waals surface area contributed by atoms with Gasteiger partial charge >= 0.3 is 0 Å². The van der Waals surface area contributed by atoms with Crippen molar-refractivity contribution in [2.24, 2.45) is 0 Å². The average molecular weight is 343 g/mol. The lowest BCUT2D eigenvalue weighted by Crippen LogP contribution is -2.23. The van der Waals surface area contributed by atoms with Crippen LogP contribution in [0.1, 0.15) is 18.1 Å². The predicted molar refractivity (Wildman–Crippen MR) is 94.4 cm³/mol. The molecule has 1 aromatic carbocycles. The molecule has 1 amide bonds. The van der Waals surface area contributed by atoms with E-state index in [9.17, 15) is 9.59 Å². The number of fused-ring (bicyclic) bond motifs is 1. The minimum atomic E-state index is -0.426. The highest BCUT2D eigenvalue weighted by Gasteiger charge is 2.18. The number of hydrogen-bond acceptors (Lipinski definition) is 5. The lowest BCUT2D eigenvalue weighted by molar-refractivity contribution is -0.115. The van der Waals surface area contributed by atoms with Crippen LogP contribution in [0, 0.1) is 13.8 Å². The van der Waals surface area contributed by atoms with Crippen LogP contribution >= 0.6 is 11.8 Å². The summed E-state index contributed by atoms with van der Waals surface area (Å²) in [5.74, 6) is -0.154. The molecule has 3 rings (SSSR count). The molecule has 8 heteroatoms. The van der Waals surface area contributed by atoms with Crippen LogP contribution in [0.3, 0.4) is 0 Å². The van der Waals surface area contributed by atoms with Gasteiger partial charge in [0.2, 0.25) is 5.91 Å². The molecule has 0 aliphatic heterocycles. The topological polar surface area (TPSA) is 104 Å². The maximum Gasteiger partial charge on any atom is 0.277 e. The van der Waals surface area contributed by atoms with Crippen molar-refractivity contribution in [3.8, 4) is 0 Å². The second-order valence-electron chi connectivity index (χ2n) is 5.47. The monoisotopic (exact) mass is 343 g/mol. The fourth-order valence-corrected chi connectivity index (χ4v) is 3.01. The van der Waals surface area contributed by atoms with Crippen LogP contribution in [0.4, 0.5) is 5.69 Å². The van der Waals surface area contributed by atoms with E-state index in [1.165, 1.54) is 18.1 Å². The molecule has 7 nitrogen and oxygen atoms in total. The molecule has 0 saturated heterocycles. The van der Waals surface area contributed by atoms with Gasteiger partial charge < -0.3 is 10.3 Å². The maximum atomic E-state index is 12.4. The van der Waals surface area contributed by atoms with Crippen molar-refractivity contribution in [3.63, 3.8) is 0 Å². The number of anilines is 1. The largest absolute Gasteiger partial charge is 0.339 e. The molecule has 1 atom stereocenters. The maximum absolute atomic E-state index is 12.4. The number of benzene rings is 1. The zero-order valence-electron chi connectivity index (χ0n) is 13.5. The molecule has 24 heavy (non-hydrogen) atoms. The van der Waals surface area contributed by atoms with Crippen molar-refractivity contribution in [1.29, 1.82) is 0 Å². The van der Waals surface area contributed by atoms with Crippen molar-refractivity contribution >= 4 is 34.5 Å². The summed E-state index contributed by atoms with van der Waals surface area (Å²) < 4.78 is 0. The van der Waals surface area contributed by atoms with Gasteiger partial charge in [-0.25, -0.2) is 9.97 Å². The Hall–Kier alpha value is -2.61. The summed E-state index contributed by atoms with van der Waals surface area (Å²) in [6, 6.07) is 5.77. The minimum Gasteiger partial charge on any atom is -0.339 e. The normalized spacial score (nSPS) is 12.3. The Labute approximate surface area is 142 Å². The number of carbonyl (C=O) groups excluding carboxylic acids is 1. The van der Waals surface area contributed by atoms with E-state index in [0.29, 0.717) is 16.3 Å². The Kier molecular flexibility index (Phi) is 4.39. The van der Waals surface area contributed by atoms with Crippen LogP contribution in [-0.2, 0) is 4.79 Å². The molecule has 0 aliphatic rings. The fraction of sp³-hybridized carbons (Fsp3) is 0.250. The Morgan fingerprint density at radius 1 is 1.33 bits per heavy atom. The van der Waals surface area contributed by atoms with E-state index in [4.69, 9.17) is 0 Å². The number of amides is 1. The summed E-state index contributed by atoms with van der Waals surface area (Å²) in [5.41, 5.74) is 3.30. The molecule has 2 aromatic heterocycles. The molecule has 3 aromatic rings. The van der Waals surface area contributed by atoms with E-state index in [1.807, 2.05) is 32.0 Å². The van der Waals surface area contributed by atoms with Crippen molar-refractivity contribution in [2.45, 2.75) is 31.2 Å². The first-order valence-corrected chi connectivity index (χ1v) is 8.31. The Bertz CT molecular complexity index is 963. The van der Waals surface area contributed by atoms with Crippen LogP contribution in [0.2, 0.25) is 0 Å². The first kappa shape index (κ1) is 16.3. The molecule has 0 bridgehead atoms. The zero-order valence-corrected chi connectivity index (χ0v) is 14.3. The summed E-state index contributed by atoms with van der Waals surface area (Å²) >= 11 is 1.18. The second kappa shape index (κ2) is 6.48. The van der Waals surface area contributed by atoms with E-state index in [1.54, 1.807) is 6.92 Å². The number of aryl methyl sites for hydroxylation is 1. The predicted octanol–water partition coefficient (Wildman–Crippen LogP) is 2.38. The fourth-order valence-electron chi connectivity index (χ4n) is 2.22. The Balaban J connectivity index is 1.75. The van der Waals surface area contributed by atoms with Gasteiger partial charge in [0.1, 0.15) is 0 Å². The van der Waals surface area contributed by atoms with Crippen LogP contribution in [0.25, 0.3) is 11.2 Å². The highest BCUT2D eigenvalue weighted by molar-refractivity contribution is 8.00. The second-order valence-corrected chi connectivity index (χ2v) is 6.80. The first-order valence-electron chi connectivity index (χ1n) is 7.43. The summed E-state index contributed by atoms with van der Waals surface area (Å²) in [5, 5.41) is 2.85. The Morgan fingerprint density at radius 2 is 2.12 bits per heavy atom. The number of nitrogens with zero attached hydrogens (tertiary/aromatic N) is 2. The summed E-state index contributed by atoms with van der Waals surface area (Å²) in [6.07, 6.45) is 1.41. The number of thioether (sulfide) groups is 1. The molecular formula is C16H17N5O2S. The summed E-state index contributed by atoms with van der Waals surface area (Å²) in [7, 11) is 0. The van der Waals surface area contributed by atoms with Gasteiger partial charge in [-0.2, -0.15) is 0 Å². The third-order valence-electron chi connectivity index (χ3n) is 3.79. The molecule has 0 aliphatic carbocycles. The van der Waals surface area contributed by atoms with Crippen LogP contribution < -0.4 is 10.9 Å². The van der Waals surface area contributed by atoms with Crippen LogP contribution in [0.15, 0.2) is 34.5 Å². The number of aromatic amines is 2. The smallest absolute Gasteiger partial charge is 0.277 e. The first-order chi connectivity index (χ1) is 11.5. The molecule has 0 fully saturated rings. The number of hydrogen-bond donors (Lipinski definition) is 3. The van der Waals surface area contributed by atoms with Gasteiger partial charge in [-0.05, 0) is 38.0 Å². The SMILES string of the molecule is Cc1cccc(NC(=O)C(C)Sc2nc3nc[nH]c3c(=O)[nH]2)c1C. The number of carbonyl (C=O) groups is 1. The van der Waals surface area contributed by atoms with Gasteiger partial charge in [-0.1, -0.05) is 23.9 Å². The summed E-state index contributed by atoms with van der Waals surface area (Å²) in [6.45, 7) is 5.73. The van der Waals surface area contributed by atoms with Gasteiger partial charge in [-0.3, -0.25) is 14.6 Å². The highest BCUT2D eigenvalue weighted by Crippen LogP contribution is 2.23. The molecule has 1 unspecified atom stereocenters. The number of aromatic nitrogens is 4. The molecule has 124 valence electrons. The molecule has 0 radical (unpaired) electrons. The van der Waals surface area contributed by atoms with E-state index < -0.39 is 5.25 Å². The van der Waals surface area contributed by atoms with Gasteiger partial charge in [-0.15, -0.1) is 0 Å². The third-order valence-corrected chi connectivity index (χ3v) is 4.78. The molecule has 0 saturated carbocycles. The van der Waals surface area contributed by atoms with E-state index >= 15 is 0 Å². The van der Waals surface area contributed by atoms with E-state index in [-0.39, 0.29) is 11.5 Å². The Morgan fingerprint density at radius 3 is 2.92 bits per heavy atom. The van der Waals surface area contributed by atoms with Gasteiger partial charge in [0, 0.05) is 5.69 Å². The average Bonchev–Trinajstić information content (AvgIpc) is 3.00. The van der Waals surface area contributed by atoms with E-state index in [0.717, 1.165) is 16.8 Å². The molecule has 3 N–H and O–H groups in total. The lowest BCUT2D eigenvalue weighted by atomic mass is 10.1. The lowest BCUT2D eigenvalue weighted by Gasteiger charge is -2.14. The third kappa shape index (κ3) is 3.18. The van der Waals surface area contributed by atoms with Gasteiger partial charge in [0.05, 0.1) is 11.6 Å². The minimum absolute atomic E-state index is 0.154. The number of nitrogens with one attached hydrogen (secondary N) is 3.